The third kappa shape index (κ3) is 33.1. The van der Waals surface area contributed by atoms with E-state index in [9.17, 15) is 23.9 Å². The van der Waals surface area contributed by atoms with E-state index in [-0.39, 0.29) is 65.5 Å². The first kappa shape index (κ1) is 43.3. The van der Waals surface area contributed by atoms with E-state index in [0.717, 1.165) is 19.3 Å². The topological polar surface area (TPSA) is 125 Å². The second-order valence-corrected chi connectivity index (χ2v) is 9.39. The summed E-state index contributed by atoms with van der Waals surface area (Å²) in [6, 6.07) is 0. The third-order valence-electron chi connectivity index (χ3n) is 4.96. The van der Waals surface area contributed by atoms with E-state index in [0.29, 0.717) is 6.42 Å². The van der Waals surface area contributed by atoms with Gasteiger partial charge < -0.3 is 28.3 Å². The number of hydrogen-bond acceptors (Lipinski definition) is 8. The fourth-order valence-electron chi connectivity index (χ4n) is 3.13. The van der Waals surface area contributed by atoms with Crippen molar-refractivity contribution in [1.82, 2.24) is 0 Å². The molecule has 0 amide bonds. The molecule has 206 valence electrons. The summed E-state index contributed by atoms with van der Waals surface area (Å²) in [7, 11) is -5.31. The minimum absolute atomic E-state index is 0. The Kier molecular flexibility index (Phi) is 33.3. The van der Waals surface area contributed by atoms with Gasteiger partial charge in [-0.3, -0.25) is 4.79 Å². The van der Waals surface area contributed by atoms with E-state index in [1.54, 1.807) is 0 Å². The molecule has 0 aromatic heterocycles. The number of ether oxygens (including phenoxy) is 2. The predicted octanol–water partition coefficient (Wildman–Crippen LogP) is -2.97. The van der Waals surface area contributed by atoms with Crippen LogP contribution in [0.3, 0.4) is 0 Å². The van der Waals surface area contributed by atoms with Crippen molar-refractivity contribution in [3.63, 3.8) is 0 Å². The van der Waals surface area contributed by atoms with Crippen molar-refractivity contribution in [2.24, 2.45) is 0 Å². The van der Waals surface area contributed by atoms with Crippen LogP contribution in [0.1, 0.15) is 90.4 Å². The van der Waals surface area contributed by atoms with E-state index in [1.165, 1.54) is 51.4 Å². The Labute approximate surface area is 284 Å². The number of carbonyl (C=O) groups excluding carboxylic acids is 2. The average molecular weight is 589 g/mol. The van der Waals surface area contributed by atoms with Crippen molar-refractivity contribution in [2.75, 3.05) is 13.2 Å². The zero-order chi connectivity index (χ0) is 28.3. The molecule has 0 fully saturated rings. The molecule has 40 heavy (non-hydrogen) atoms. The third-order valence-corrected chi connectivity index (χ3v) is 5.43. The first-order chi connectivity index (χ1) is 18.3. The summed E-state index contributed by atoms with van der Waals surface area (Å²) in [6.45, 7) is 0.886. The van der Waals surface area contributed by atoms with Gasteiger partial charge in [0.2, 0.25) is 0 Å². The second-order valence-electron chi connectivity index (χ2n) is 8.24. The molecule has 0 N–H and O–H groups in total. The molecule has 0 saturated heterocycles. The molecule has 0 heterocycles. The van der Waals surface area contributed by atoms with Gasteiger partial charge in [0.05, 0.1) is 14.4 Å². The van der Waals surface area contributed by atoms with Crippen LogP contribution in [0.25, 0.3) is 0 Å². The van der Waals surface area contributed by atoms with Gasteiger partial charge in [-0.25, -0.2) is 4.79 Å². The summed E-state index contributed by atoms with van der Waals surface area (Å²) >= 11 is 0. The molecule has 0 aliphatic heterocycles. The molecular formula is C29H35Na2O8P. The molecule has 11 heteroatoms. The van der Waals surface area contributed by atoms with E-state index in [2.05, 4.69) is 64.7 Å². The number of unbranched alkanes of at least 4 members (excludes halogenated alkanes) is 11. The van der Waals surface area contributed by atoms with Crippen LogP contribution >= 0.6 is 7.82 Å². The van der Waals surface area contributed by atoms with E-state index < -0.39 is 39.1 Å². The summed E-state index contributed by atoms with van der Waals surface area (Å²) in [5.41, 5.74) is 0. The summed E-state index contributed by atoms with van der Waals surface area (Å²) in [6.07, 6.45) is 17.5. The standard InChI is InChI=1S/C29H37O8P.2Na/c1-3-5-7-9-11-13-14-15-16-18-20-22-24-29(31)37-27(26-36-38(32,33)34)25-35-28(30)23-21-19-17-12-10-8-6-4-2;;/h2,27H,3,5,7,9,11,13-16,18,20,22,24-26H2,1H3,(H2,32,33,34);;/q;2*+1/p-2/t27-;;/m1../s1. The molecule has 0 aliphatic carbocycles. The number of hydrogen-bond donors (Lipinski definition) is 0. The average Bonchev–Trinajstić information content (AvgIpc) is 2.87. The van der Waals surface area contributed by atoms with Crippen molar-refractivity contribution in [1.29, 1.82) is 0 Å². The van der Waals surface area contributed by atoms with Gasteiger partial charge in [-0.2, -0.15) is 0 Å². The zero-order valence-electron chi connectivity index (χ0n) is 24.0. The SMILES string of the molecule is C#CC#CC#CC#CC#CC(=O)OC[C@H](COP(=O)([O-])[O-])OC(=O)CCCCCCCCCCCCCC.[Na+].[Na+]. The molecule has 0 spiro atoms. The molecule has 0 unspecified atom stereocenters. The number of rotatable bonds is 19. The fourth-order valence-corrected chi connectivity index (χ4v) is 3.47. The Morgan fingerprint density at radius 3 is 1.73 bits per heavy atom. The van der Waals surface area contributed by atoms with Gasteiger partial charge in [-0.1, -0.05) is 77.6 Å². The van der Waals surface area contributed by atoms with Crippen LogP contribution in [0.4, 0.5) is 0 Å². The number of carbonyl (C=O) groups is 2. The van der Waals surface area contributed by atoms with Crippen LogP contribution in [0.15, 0.2) is 0 Å². The fraction of sp³-hybridized carbons (Fsp3) is 0.586. The maximum absolute atomic E-state index is 12.1. The maximum Gasteiger partial charge on any atom is 1.00 e. The molecule has 0 rings (SSSR count). The Morgan fingerprint density at radius 2 is 1.23 bits per heavy atom. The van der Waals surface area contributed by atoms with Gasteiger partial charge in [0.1, 0.15) is 6.61 Å². The van der Waals surface area contributed by atoms with Gasteiger partial charge in [0.15, 0.2) is 6.10 Å². The number of esters is 2. The van der Waals surface area contributed by atoms with Crippen LogP contribution < -0.4 is 68.9 Å². The van der Waals surface area contributed by atoms with E-state index in [1.807, 2.05) is 0 Å². The van der Waals surface area contributed by atoms with Crippen molar-refractivity contribution < 1.29 is 97.1 Å². The number of phosphoric acid groups is 1. The van der Waals surface area contributed by atoms with Crippen LogP contribution in [0, 0.1) is 59.7 Å². The first-order valence-electron chi connectivity index (χ1n) is 12.8. The van der Waals surface area contributed by atoms with Crippen LogP contribution in [0.5, 0.6) is 0 Å². The maximum atomic E-state index is 12.1. The van der Waals surface area contributed by atoms with Crippen LogP contribution in [-0.4, -0.2) is 31.3 Å². The number of terminal acetylenes is 1. The van der Waals surface area contributed by atoms with Gasteiger partial charge in [-0.05, 0) is 53.8 Å². The molecule has 0 aromatic rings. The largest absolute Gasteiger partial charge is 1.00 e. The summed E-state index contributed by atoms with van der Waals surface area (Å²) in [5, 5.41) is 0. The summed E-state index contributed by atoms with van der Waals surface area (Å²) < 4.78 is 24.9. The van der Waals surface area contributed by atoms with E-state index >= 15 is 0 Å². The summed E-state index contributed by atoms with van der Waals surface area (Å²) in [4.78, 5) is 45.4. The normalized spacial score (nSPS) is 9.95. The van der Waals surface area contributed by atoms with Crippen LogP contribution in [-0.2, 0) is 28.2 Å². The Bertz CT molecular complexity index is 1050. The molecule has 0 bridgehead atoms. The van der Waals surface area contributed by atoms with Crippen LogP contribution in [0.2, 0.25) is 0 Å². The van der Waals surface area contributed by atoms with Crippen molar-refractivity contribution in [3.05, 3.63) is 0 Å². The Balaban J connectivity index is -0.00000684. The minimum atomic E-state index is -5.31. The zero-order valence-corrected chi connectivity index (χ0v) is 28.9. The monoisotopic (exact) mass is 588 g/mol. The Morgan fingerprint density at radius 1 is 0.750 bits per heavy atom. The summed E-state index contributed by atoms with van der Waals surface area (Å²) in [5.74, 6) is 18.6. The molecule has 0 aromatic carbocycles. The van der Waals surface area contributed by atoms with Crippen molar-refractivity contribution in [2.45, 2.75) is 96.5 Å². The molecule has 8 nitrogen and oxygen atoms in total. The first-order valence-corrected chi connectivity index (χ1v) is 14.2. The number of phosphoric ester groups is 1. The molecule has 0 aliphatic rings. The van der Waals surface area contributed by atoms with Crippen molar-refractivity contribution >= 4 is 19.8 Å². The second kappa shape index (κ2) is 30.8. The van der Waals surface area contributed by atoms with Gasteiger partial charge in [0, 0.05) is 12.3 Å². The van der Waals surface area contributed by atoms with Crippen molar-refractivity contribution in [3.8, 4) is 59.7 Å². The van der Waals surface area contributed by atoms with Gasteiger partial charge in [0.25, 0.3) is 0 Å². The molecule has 0 radical (unpaired) electrons. The quantitative estimate of drug-likeness (QED) is 0.0392. The Hall–Kier alpha value is -1.15. The molecule has 1 atom stereocenters. The predicted molar refractivity (Wildman–Crippen MR) is 140 cm³/mol. The minimum Gasteiger partial charge on any atom is -0.790 e. The molecule has 0 saturated carbocycles. The van der Waals surface area contributed by atoms with Gasteiger partial charge in [-0.15, -0.1) is 6.42 Å². The molecular weight excluding hydrogens is 553 g/mol. The van der Waals surface area contributed by atoms with Gasteiger partial charge >= 0.3 is 71.1 Å². The smallest absolute Gasteiger partial charge is 0.790 e. The van der Waals surface area contributed by atoms with E-state index in [4.69, 9.17) is 15.9 Å².